The van der Waals surface area contributed by atoms with E-state index < -0.39 is 12.3 Å². The molecule has 2 amide bonds. The van der Waals surface area contributed by atoms with E-state index in [0.717, 1.165) is 46.7 Å². The van der Waals surface area contributed by atoms with Crippen molar-refractivity contribution in [2.24, 2.45) is 0 Å². The van der Waals surface area contributed by atoms with E-state index in [1.165, 1.54) is 23.3 Å². The summed E-state index contributed by atoms with van der Waals surface area (Å²) < 4.78 is 24.0. The number of carbonyl (C=O) groups excluding carboxylic acids is 3. The highest BCUT2D eigenvalue weighted by Gasteiger charge is 2.36. The largest absolute Gasteiger partial charge is 0.493 e. The van der Waals surface area contributed by atoms with E-state index in [-0.39, 0.29) is 24.5 Å². The van der Waals surface area contributed by atoms with Crippen LogP contribution in [0.25, 0.3) is 0 Å². The summed E-state index contributed by atoms with van der Waals surface area (Å²) in [6.07, 6.45) is 8.85. The Morgan fingerprint density at radius 3 is 2.25 bits per heavy atom. The molecule has 0 bridgehead atoms. The number of carbonyl (C=O) groups is 3. The average molecular weight is 848 g/mol. The number of anilines is 4. The smallest absolute Gasteiger partial charge is 0.283 e. The van der Waals surface area contributed by atoms with Crippen molar-refractivity contribution in [2.45, 2.75) is 58.2 Å². The first-order valence-corrected chi connectivity index (χ1v) is 21.1. The minimum atomic E-state index is -1.12. The molecule has 320 valence electrons. The van der Waals surface area contributed by atoms with Gasteiger partial charge in [0.05, 0.1) is 26.3 Å². The van der Waals surface area contributed by atoms with Crippen LogP contribution >= 0.6 is 11.8 Å². The van der Waals surface area contributed by atoms with Gasteiger partial charge in [-0.2, -0.15) is 0 Å². The monoisotopic (exact) mass is 847 g/mol. The molecule has 2 unspecified atom stereocenters. The van der Waals surface area contributed by atoms with Crippen molar-refractivity contribution in [1.82, 2.24) is 4.90 Å². The number of rotatable bonds is 18. The predicted octanol–water partition coefficient (Wildman–Crippen LogP) is 8.33. The molecule has 0 spiro atoms. The van der Waals surface area contributed by atoms with E-state index >= 15 is 0 Å². The van der Waals surface area contributed by atoms with Crippen LogP contribution in [0.3, 0.4) is 0 Å². The second-order valence-electron chi connectivity index (χ2n) is 14.8. The van der Waals surface area contributed by atoms with Gasteiger partial charge in [-0.1, -0.05) is 48.7 Å². The maximum absolute atomic E-state index is 12.5. The highest BCUT2D eigenvalue weighted by Crippen LogP contribution is 2.38. The van der Waals surface area contributed by atoms with Crippen LogP contribution in [0.1, 0.15) is 46.0 Å². The molecule has 2 aliphatic rings. The third kappa shape index (κ3) is 10.3. The van der Waals surface area contributed by atoms with Gasteiger partial charge in [-0.05, 0) is 103 Å². The molecule has 0 aliphatic carbocycles. The van der Waals surface area contributed by atoms with Crippen LogP contribution < -0.4 is 39.8 Å². The van der Waals surface area contributed by atoms with Crippen molar-refractivity contribution in [3.8, 4) is 23.0 Å². The summed E-state index contributed by atoms with van der Waals surface area (Å²) in [5.74, 6) is 1.72. The minimum absolute atomic E-state index is 0.0861. The second-order valence-corrected chi connectivity index (χ2v) is 15.6. The van der Waals surface area contributed by atoms with Crippen LogP contribution in [0.2, 0.25) is 0 Å². The Labute approximate surface area is 361 Å². The topological polar surface area (TPSA) is 151 Å². The number of aldehydes is 1. The Hall–Kier alpha value is -6.38. The normalized spacial score (nSPS) is 17.0. The van der Waals surface area contributed by atoms with Crippen molar-refractivity contribution in [3.63, 3.8) is 0 Å². The first-order valence-electron chi connectivity index (χ1n) is 19.8. The van der Waals surface area contributed by atoms with Gasteiger partial charge in [0, 0.05) is 59.7 Å². The number of benzene rings is 4. The summed E-state index contributed by atoms with van der Waals surface area (Å²) >= 11 is 1.05. The zero-order valence-electron chi connectivity index (χ0n) is 35.3. The van der Waals surface area contributed by atoms with Crippen LogP contribution in [0.5, 0.6) is 23.0 Å². The number of allylic oxidation sites excluding steroid dienone is 4. The molecule has 6 rings (SSSR count). The Kier molecular flexibility index (Phi) is 14.7. The number of aryl methyl sites for hydroxylation is 1. The lowest BCUT2D eigenvalue weighted by atomic mass is 10.1. The molecule has 2 aliphatic heterocycles. The fourth-order valence-corrected chi connectivity index (χ4v) is 7.81. The first-order chi connectivity index (χ1) is 29.5. The van der Waals surface area contributed by atoms with Gasteiger partial charge in [0.1, 0.15) is 19.4 Å². The lowest BCUT2D eigenvalue weighted by Crippen LogP contribution is -2.42. The number of nitrogens with zero attached hydrogens (tertiary/aromatic N) is 2. The summed E-state index contributed by atoms with van der Waals surface area (Å²) in [7, 11) is 5.15. The lowest BCUT2D eigenvalue weighted by Gasteiger charge is -2.27. The van der Waals surface area contributed by atoms with E-state index in [1.807, 2.05) is 56.3 Å². The number of nitrogens with one attached hydrogen (secondary N) is 3. The molecule has 14 heteroatoms. The minimum Gasteiger partial charge on any atom is -0.493 e. The molecule has 3 atom stereocenters. The molecule has 1 fully saturated rings. The number of ether oxygens (including phenoxy) is 4. The van der Waals surface area contributed by atoms with E-state index in [4.69, 9.17) is 18.9 Å². The van der Waals surface area contributed by atoms with Crippen molar-refractivity contribution < 1.29 is 38.4 Å². The Morgan fingerprint density at radius 1 is 0.951 bits per heavy atom. The highest BCUT2D eigenvalue weighted by atomic mass is 32.2. The number of fused-ring (bicyclic) bond motifs is 1. The molecule has 13 nitrogen and oxygen atoms in total. The van der Waals surface area contributed by atoms with Gasteiger partial charge in [0.2, 0.25) is 6.41 Å². The third-order valence-electron chi connectivity index (χ3n) is 10.8. The Bertz CT molecular complexity index is 2330. The third-order valence-corrected chi connectivity index (χ3v) is 11.3. The number of likely N-dealkylation sites (tertiary alicyclic amines) is 1. The van der Waals surface area contributed by atoms with E-state index in [2.05, 4.69) is 46.6 Å². The summed E-state index contributed by atoms with van der Waals surface area (Å²) in [6, 6.07) is 20.5. The maximum Gasteiger partial charge on any atom is 0.283 e. The molecule has 4 N–H and O–H groups in total. The highest BCUT2D eigenvalue weighted by molar-refractivity contribution is 8.13. The maximum atomic E-state index is 12.5. The first kappa shape index (κ1) is 44.2. The summed E-state index contributed by atoms with van der Waals surface area (Å²) in [5, 5.41) is 20.6. The fourth-order valence-electron chi connectivity index (χ4n) is 7.59. The van der Waals surface area contributed by atoms with Crippen LogP contribution in [-0.4, -0.2) is 80.3 Å². The number of hydrogen-bond donors (Lipinski definition) is 4. The molecule has 1 saturated heterocycles. The molecule has 4 aromatic carbocycles. The number of hydrogen-bond acceptors (Lipinski definition) is 12. The van der Waals surface area contributed by atoms with Crippen molar-refractivity contribution >= 4 is 52.4 Å². The second kappa shape index (κ2) is 20.3. The van der Waals surface area contributed by atoms with E-state index in [1.54, 1.807) is 43.7 Å². The Morgan fingerprint density at radius 2 is 1.62 bits per heavy atom. The van der Waals surface area contributed by atoms with Crippen LogP contribution in [0, 0.1) is 6.92 Å². The molecule has 0 saturated carbocycles. The molecule has 0 aromatic heterocycles. The molecule has 0 radical (unpaired) electrons. The number of amides is 2. The zero-order valence-corrected chi connectivity index (χ0v) is 36.1. The molecule has 4 aromatic rings. The molecular formula is C47H53N5O8S. The lowest BCUT2D eigenvalue weighted by molar-refractivity contribution is -0.118. The van der Waals surface area contributed by atoms with Gasteiger partial charge in [-0.3, -0.25) is 14.4 Å². The quantitative estimate of drug-likeness (QED) is 0.0563. The molecule has 61 heavy (non-hydrogen) atoms. The van der Waals surface area contributed by atoms with Gasteiger partial charge < -0.3 is 49.8 Å². The standard InChI is InChI=1S/C47H53N5O8S/c1-8-9-13-39-30(3)15-41(52(39)28-54)46(55)50-37-22-44(42(57-5)16-29(37)2)59-26-31-17-32(19-35(18-31)49-47(56)61-7)27-60-45-23-38(34(25-53)21-43(45)58-6)48-24-36-20-33-12-10-11-14-40(33)51(36)4/h8-14,16-19,21-23,25,28,36,41,46,48,50,55H,3,15,20,24,26-27H2,1-2,4-7H3,(H,49,56)/b9-8-,39-13+/t36?,41?,46-/m1/s1. The van der Waals surface area contributed by atoms with Crippen LogP contribution in [-0.2, 0) is 24.4 Å². The van der Waals surface area contributed by atoms with Gasteiger partial charge in [0.25, 0.3) is 5.24 Å². The zero-order chi connectivity index (χ0) is 43.6. The number of likely N-dealkylation sites (N-methyl/N-ethyl adjacent to an activating group) is 1. The van der Waals surface area contributed by atoms with E-state index in [0.29, 0.717) is 70.7 Å². The van der Waals surface area contributed by atoms with Crippen LogP contribution in [0.4, 0.5) is 27.5 Å². The van der Waals surface area contributed by atoms with Gasteiger partial charge in [0.15, 0.2) is 29.3 Å². The fraction of sp³-hybridized carbons (Fsp3) is 0.298. The molecular weight excluding hydrogens is 795 g/mol. The van der Waals surface area contributed by atoms with Crippen molar-refractivity contribution in [3.05, 3.63) is 131 Å². The predicted molar refractivity (Wildman–Crippen MR) is 243 cm³/mol. The SMILES string of the molecule is C=C1CC([C@@H](O)Nc2cc(OCc3cc(COc4cc(NCC5Cc6ccccc6N5C)c(C=O)cc4OC)cc(NC(=O)SC)c3)c(OC)cc2C)N(C=O)/C1=C/C=C\C. The van der Waals surface area contributed by atoms with Gasteiger partial charge >= 0.3 is 0 Å². The van der Waals surface area contributed by atoms with Gasteiger partial charge in [-0.15, -0.1) is 0 Å². The number of methoxy groups -OCH3 is 2. The van der Waals surface area contributed by atoms with Gasteiger partial charge in [-0.25, -0.2) is 0 Å². The Balaban J connectivity index is 1.19. The molecule has 2 heterocycles. The summed E-state index contributed by atoms with van der Waals surface area (Å²) in [5.41, 5.74) is 8.35. The number of para-hydroxylation sites is 1. The van der Waals surface area contributed by atoms with Crippen LogP contribution in [0.15, 0.2) is 103 Å². The van der Waals surface area contributed by atoms with Crippen molar-refractivity contribution in [2.75, 3.05) is 54.9 Å². The van der Waals surface area contributed by atoms with Crippen molar-refractivity contribution in [1.29, 1.82) is 0 Å². The number of thioether (sulfide) groups is 1. The van der Waals surface area contributed by atoms with E-state index in [9.17, 15) is 19.5 Å². The number of aliphatic hydroxyl groups is 1. The number of aliphatic hydroxyl groups excluding tert-OH is 1. The summed E-state index contributed by atoms with van der Waals surface area (Å²) in [6.45, 7) is 8.66. The average Bonchev–Trinajstić information content (AvgIpc) is 3.77. The summed E-state index contributed by atoms with van der Waals surface area (Å²) in [4.78, 5) is 40.5.